The number of methoxy groups -OCH3 is 1. The third-order valence-electron chi connectivity index (χ3n) is 2.07. The molecule has 1 aliphatic rings. The molecule has 1 saturated heterocycles. The molecule has 1 unspecified atom stereocenters. The van der Waals surface area contributed by atoms with Gasteiger partial charge in [0.2, 0.25) is 0 Å². The van der Waals surface area contributed by atoms with Crippen LogP contribution in [-0.2, 0) is 9.53 Å². The van der Waals surface area contributed by atoms with Gasteiger partial charge >= 0.3 is 0 Å². The highest BCUT2D eigenvalue weighted by molar-refractivity contribution is 5.80. The Balaban J connectivity index is 2.39. The van der Waals surface area contributed by atoms with Crippen LogP contribution >= 0.6 is 0 Å². The minimum atomic E-state index is -0.317. The fourth-order valence-corrected chi connectivity index (χ4v) is 1.18. The lowest BCUT2D eigenvalue weighted by Crippen LogP contribution is -2.47. The Kier molecular flexibility index (Phi) is 3.49. The van der Waals surface area contributed by atoms with Crippen molar-refractivity contribution < 1.29 is 9.53 Å². The van der Waals surface area contributed by atoms with E-state index in [0.717, 1.165) is 26.2 Å². The van der Waals surface area contributed by atoms with Crippen molar-refractivity contribution in [3.05, 3.63) is 0 Å². The molecule has 12 heavy (non-hydrogen) atoms. The highest BCUT2D eigenvalue weighted by Crippen LogP contribution is 2.00. The van der Waals surface area contributed by atoms with Gasteiger partial charge in [-0.3, -0.25) is 4.79 Å². The lowest BCUT2D eigenvalue weighted by atomic mass is 10.3. The van der Waals surface area contributed by atoms with Crippen molar-refractivity contribution in [2.75, 3.05) is 33.3 Å². The summed E-state index contributed by atoms with van der Waals surface area (Å²) in [6, 6.07) is 0. The van der Waals surface area contributed by atoms with Crippen LogP contribution in [0.3, 0.4) is 0 Å². The molecule has 0 aromatic carbocycles. The van der Waals surface area contributed by atoms with Crippen LogP contribution in [0.4, 0.5) is 0 Å². The second kappa shape index (κ2) is 4.42. The van der Waals surface area contributed by atoms with E-state index < -0.39 is 0 Å². The number of hydrogen-bond donors (Lipinski definition) is 0. The van der Waals surface area contributed by atoms with Gasteiger partial charge < -0.3 is 9.64 Å². The summed E-state index contributed by atoms with van der Waals surface area (Å²) in [7, 11) is 1.55. The summed E-state index contributed by atoms with van der Waals surface area (Å²) in [5.41, 5.74) is 0. The van der Waals surface area contributed by atoms with E-state index in [0.29, 0.717) is 0 Å². The Morgan fingerprint density at radius 2 is 2.08 bits per heavy atom. The van der Waals surface area contributed by atoms with Gasteiger partial charge in [-0.05, 0) is 6.92 Å². The van der Waals surface area contributed by atoms with Crippen LogP contribution < -0.4 is 5.32 Å². The Morgan fingerprint density at radius 3 is 2.58 bits per heavy atom. The zero-order valence-corrected chi connectivity index (χ0v) is 7.62. The smallest absolute Gasteiger partial charge is 0.251 e. The van der Waals surface area contributed by atoms with Gasteiger partial charge in [0.1, 0.15) is 6.10 Å². The van der Waals surface area contributed by atoms with E-state index in [1.165, 1.54) is 0 Å². The van der Waals surface area contributed by atoms with Gasteiger partial charge in [0.15, 0.2) is 0 Å². The fraction of sp³-hybridized carbons (Fsp3) is 0.875. The molecule has 0 spiro atoms. The van der Waals surface area contributed by atoms with Crippen molar-refractivity contribution in [2.24, 2.45) is 0 Å². The maximum absolute atomic E-state index is 11.5. The van der Waals surface area contributed by atoms with Crippen molar-refractivity contribution in [1.82, 2.24) is 10.2 Å². The van der Waals surface area contributed by atoms with E-state index in [-0.39, 0.29) is 12.0 Å². The molecule has 69 valence electrons. The predicted molar refractivity (Wildman–Crippen MR) is 44.9 cm³/mol. The Hall–Kier alpha value is -0.610. The number of piperazine rings is 1. The monoisotopic (exact) mass is 171 g/mol. The molecule has 1 rings (SSSR count). The molecule has 1 aliphatic heterocycles. The van der Waals surface area contributed by atoms with E-state index in [9.17, 15) is 4.79 Å². The molecule has 0 N–H and O–H groups in total. The molecule has 4 nitrogen and oxygen atoms in total. The van der Waals surface area contributed by atoms with Gasteiger partial charge in [0, 0.05) is 33.3 Å². The number of ether oxygens (including phenoxy) is 1. The number of rotatable bonds is 2. The van der Waals surface area contributed by atoms with Crippen molar-refractivity contribution in [2.45, 2.75) is 13.0 Å². The fourth-order valence-electron chi connectivity index (χ4n) is 1.18. The Bertz CT molecular complexity index is 155. The van der Waals surface area contributed by atoms with Crippen molar-refractivity contribution in [3.8, 4) is 0 Å². The molecule has 0 aromatic heterocycles. The number of hydrogen-bond acceptors (Lipinski definition) is 2. The normalized spacial score (nSPS) is 20.7. The molecule has 4 heteroatoms. The predicted octanol–water partition coefficient (Wildman–Crippen LogP) is -0.532. The summed E-state index contributed by atoms with van der Waals surface area (Å²) >= 11 is 0. The van der Waals surface area contributed by atoms with E-state index in [1.807, 2.05) is 0 Å². The molecule has 1 amide bonds. The standard InChI is InChI=1S/C8H15N2O2/c1-7(12-2)8(11)10-5-3-9-4-6-10/h7H,3-6H2,1-2H3. The van der Waals surface area contributed by atoms with Crippen LogP contribution in [0.1, 0.15) is 6.92 Å². The first-order chi connectivity index (χ1) is 5.75. The summed E-state index contributed by atoms with van der Waals surface area (Å²) in [5, 5.41) is 4.16. The van der Waals surface area contributed by atoms with Crippen LogP contribution in [0, 0.1) is 0 Å². The quantitative estimate of drug-likeness (QED) is 0.560. The van der Waals surface area contributed by atoms with E-state index in [1.54, 1.807) is 18.9 Å². The number of amides is 1. The largest absolute Gasteiger partial charge is 0.372 e. The third-order valence-corrected chi connectivity index (χ3v) is 2.07. The average molecular weight is 171 g/mol. The Morgan fingerprint density at radius 1 is 1.50 bits per heavy atom. The average Bonchev–Trinajstić information content (AvgIpc) is 2.17. The summed E-state index contributed by atoms with van der Waals surface area (Å²) in [4.78, 5) is 13.3. The van der Waals surface area contributed by atoms with E-state index in [4.69, 9.17) is 4.74 Å². The first kappa shape index (κ1) is 9.48. The molecule has 0 bridgehead atoms. The van der Waals surface area contributed by atoms with Crippen LogP contribution in [-0.4, -0.2) is 50.2 Å². The zero-order valence-electron chi connectivity index (χ0n) is 7.62. The topological polar surface area (TPSA) is 43.6 Å². The van der Waals surface area contributed by atoms with Crippen molar-refractivity contribution in [3.63, 3.8) is 0 Å². The second-order valence-corrected chi connectivity index (χ2v) is 2.87. The van der Waals surface area contributed by atoms with E-state index in [2.05, 4.69) is 5.32 Å². The van der Waals surface area contributed by atoms with Crippen LogP contribution in [0.25, 0.3) is 0 Å². The number of carbonyl (C=O) groups is 1. The lowest BCUT2D eigenvalue weighted by molar-refractivity contribution is -0.141. The first-order valence-electron chi connectivity index (χ1n) is 4.20. The minimum absolute atomic E-state index is 0.0763. The number of carbonyl (C=O) groups excluding carboxylic acids is 1. The summed E-state index contributed by atoms with van der Waals surface area (Å²) < 4.78 is 4.94. The SMILES string of the molecule is COC(C)C(=O)N1CC[N]CC1. The molecule has 1 heterocycles. The molecule has 0 aliphatic carbocycles. The molecule has 1 radical (unpaired) electrons. The minimum Gasteiger partial charge on any atom is -0.372 e. The second-order valence-electron chi connectivity index (χ2n) is 2.87. The van der Waals surface area contributed by atoms with Gasteiger partial charge in [-0.15, -0.1) is 0 Å². The van der Waals surface area contributed by atoms with Gasteiger partial charge in [-0.1, -0.05) is 0 Å². The van der Waals surface area contributed by atoms with Crippen LogP contribution in [0.15, 0.2) is 0 Å². The molecule has 1 atom stereocenters. The number of nitrogens with zero attached hydrogens (tertiary/aromatic N) is 2. The highest BCUT2D eigenvalue weighted by atomic mass is 16.5. The van der Waals surface area contributed by atoms with Crippen LogP contribution in [0.5, 0.6) is 0 Å². The summed E-state index contributed by atoms with van der Waals surface area (Å²) in [6.07, 6.45) is -0.317. The maximum atomic E-state index is 11.5. The van der Waals surface area contributed by atoms with Gasteiger partial charge in [0.25, 0.3) is 5.91 Å². The van der Waals surface area contributed by atoms with E-state index >= 15 is 0 Å². The van der Waals surface area contributed by atoms with Crippen molar-refractivity contribution >= 4 is 5.91 Å². The summed E-state index contributed by atoms with van der Waals surface area (Å²) in [5.74, 6) is 0.0763. The molecule has 0 aromatic rings. The maximum Gasteiger partial charge on any atom is 0.251 e. The van der Waals surface area contributed by atoms with Gasteiger partial charge in [-0.2, -0.15) is 0 Å². The summed E-state index contributed by atoms with van der Waals surface area (Å²) in [6.45, 7) is 4.79. The lowest BCUT2D eigenvalue weighted by Gasteiger charge is -2.28. The highest BCUT2D eigenvalue weighted by Gasteiger charge is 2.21. The van der Waals surface area contributed by atoms with Gasteiger partial charge in [-0.25, -0.2) is 5.32 Å². The molecular formula is C8H15N2O2. The van der Waals surface area contributed by atoms with Gasteiger partial charge in [0.05, 0.1) is 0 Å². The Labute approximate surface area is 72.9 Å². The molecule has 0 saturated carbocycles. The zero-order chi connectivity index (χ0) is 8.97. The van der Waals surface area contributed by atoms with Crippen molar-refractivity contribution in [1.29, 1.82) is 0 Å². The molecular weight excluding hydrogens is 156 g/mol. The van der Waals surface area contributed by atoms with Crippen LogP contribution in [0.2, 0.25) is 0 Å². The third kappa shape index (κ3) is 2.19. The first-order valence-corrected chi connectivity index (χ1v) is 4.20. The molecule has 1 fully saturated rings.